The largest absolute Gasteiger partial charge is 0.481 e. The second-order valence-corrected chi connectivity index (χ2v) is 5.29. The molecule has 0 aliphatic carbocycles. The minimum atomic E-state index is -1.19. The van der Waals surface area contributed by atoms with Crippen LogP contribution in [0.4, 0.5) is 0 Å². The van der Waals surface area contributed by atoms with Gasteiger partial charge in [0.25, 0.3) is 5.56 Å². The fraction of sp³-hybridized carbons (Fsp3) is 0.538. The minimum Gasteiger partial charge on any atom is -0.481 e. The second-order valence-electron chi connectivity index (χ2n) is 5.29. The van der Waals surface area contributed by atoms with Crippen LogP contribution >= 0.6 is 0 Å². The lowest BCUT2D eigenvalue weighted by Crippen LogP contribution is -2.35. The summed E-state index contributed by atoms with van der Waals surface area (Å²) in [6.07, 6.45) is -1.70. The molecule has 126 valence electrons. The molecular formula is C13H16N2O8. The molecule has 0 saturated carbocycles. The van der Waals surface area contributed by atoms with Crippen molar-refractivity contribution >= 4 is 11.9 Å². The van der Waals surface area contributed by atoms with Gasteiger partial charge in [0.15, 0.2) is 0 Å². The Morgan fingerprint density at radius 1 is 1.17 bits per heavy atom. The van der Waals surface area contributed by atoms with Crippen LogP contribution in [-0.4, -0.2) is 49.5 Å². The Morgan fingerprint density at radius 2 is 1.78 bits per heavy atom. The molecule has 10 nitrogen and oxygen atoms in total. The van der Waals surface area contributed by atoms with Gasteiger partial charge in [-0.15, -0.1) is 0 Å². The van der Waals surface area contributed by atoms with E-state index in [1.165, 1.54) is 0 Å². The van der Waals surface area contributed by atoms with Crippen molar-refractivity contribution in [2.75, 3.05) is 6.61 Å². The molecular weight excluding hydrogens is 312 g/mol. The lowest BCUT2D eigenvalue weighted by Gasteiger charge is -2.22. The van der Waals surface area contributed by atoms with Crippen molar-refractivity contribution in [3.8, 4) is 0 Å². The summed E-state index contributed by atoms with van der Waals surface area (Å²) in [5.41, 5.74) is -1.43. The molecule has 0 amide bonds. The summed E-state index contributed by atoms with van der Waals surface area (Å²) < 4.78 is 6.51. The van der Waals surface area contributed by atoms with Crippen molar-refractivity contribution in [2.24, 2.45) is 11.8 Å². The van der Waals surface area contributed by atoms with Crippen molar-refractivity contribution in [1.82, 2.24) is 9.55 Å². The number of H-pyrrole nitrogens is 1. The maximum atomic E-state index is 11.9. The van der Waals surface area contributed by atoms with Gasteiger partial charge in [-0.1, -0.05) is 0 Å². The van der Waals surface area contributed by atoms with Crippen molar-refractivity contribution in [3.05, 3.63) is 33.1 Å². The molecule has 0 aromatic carbocycles. The Hall–Kier alpha value is -2.46. The molecule has 2 rings (SSSR count). The second kappa shape index (κ2) is 6.75. The average molecular weight is 328 g/mol. The Balaban J connectivity index is 2.43. The van der Waals surface area contributed by atoms with Gasteiger partial charge in [-0.25, -0.2) is 4.79 Å². The zero-order chi connectivity index (χ0) is 17.1. The molecule has 4 unspecified atom stereocenters. The molecule has 1 fully saturated rings. The first-order valence-corrected chi connectivity index (χ1v) is 6.85. The van der Waals surface area contributed by atoms with Crippen molar-refractivity contribution in [1.29, 1.82) is 0 Å². The number of carboxylic acids is 2. The van der Waals surface area contributed by atoms with E-state index in [0.29, 0.717) is 0 Å². The van der Waals surface area contributed by atoms with E-state index < -0.39 is 66.8 Å². The Morgan fingerprint density at radius 3 is 2.30 bits per heavy atom. The van der Waals surface area contributed by atoms with Crippen LogP contribution in [0.3, 0.4) is 0 Å². The number of carbonyl (C=O) groups is 2. The van der Waals surface area contributed by atoms with Gasteiger partial charge in [0, 0.05) is 24.1 Å². The number of aromatic nitrogens is 2. The molecule has 23 heavy (non-hydrogen) atoms. The molecule has 10 heteroatoms. The van der Waals surface area contributed by atoms with Crippen molar-refractivity contribution < 1.29 is 29.6 Å². The van der Waals surface area contributed by atoms with Crippen LogP contribution < -0.4 is 11.2 Å². The molecule has 0 bridgehead atoms. The molecule has 1 aliphatic rings. The lowest BCUT2D eigenvalue weighted by atomic mass is 9.84. The molecule has 0 radical (unpaired) electrons. The molecule has 2 heterocycles. The number of aliphatic carboxylic acids is 2. The highest BCUT2D eigenvalue weighted by molar-refractivity contribution is 5.69. The first-order chi connectivity index (χ1) is 10.8. The van der Waals surface area contributed by atoms with Gasteiger partial charge >= 0.3 is 17.6 Å². The molecule has 1 aliphatic heterocycles. The Labute approximate surface area is 129 Å². The molecule has 1 aromatic heterocycles. The van der Waals surface area contributed by atoms with E-state index in [2.05, 4.69) is 0 Å². The van der Waals surface area contributed by atoms with Crippen LogP contribution in [0, 0.1) is 11.8 Å². The van der Waals surface area contributed by atoms with E-state index in [1.54, 1.807) is 0 Å². The number of nitrogens with one attached hydrogen (secondary N) is 1. The van der Waals surface area contributed by atoms with Gasteiger partial charge in [0.1, 0.15) is 6.23 Å². The summed E-state index contributed by atoms with van der Waals surface area (Å²) in [7, 11) is 0. The predicted molar refractivity (Wildman–Crippen MR) is 73.8 cm³/mol. The summed E-state index contributed by atoms with van der Waals surface area (Å²) in [6.45, 7) is -0.511. The molecule has 1 saturated heterocycles. The van der Waals surface area contributed by atoms with E-state index in [-0.39, 0.29) is 0 Å². The van der Waals surface area contributed by atoms with E-state index in [1.807, 2.05) is 4.98 Å². The predicted octanol–water partition coefficient (Wildman–Crippen LogP) is -1.39. The van der Waals surface area contributed by atoms with Crippen LogP contribution in [-0.2, 0) is 14.3 Å². The van der Waals surface area contributed by atoms with Crippen molar-refractivity contribution in [3.63, 3.8) is 0 Å². The highest BCUT2D eigenvalue weighted by atomic mass is 16.5. The number of nitrogens with zero attached hydrogens (tertiary/aromatic N) is 1. The first kappa shape index (κ1) is 16.9. The maximum Gasteiger partial charge on any atom is 0.330 e. The van der Waals surface area contributed by atoms with Crippen LogP contribution in [0.2, 0.25) is 0 Å². The molecule has 4 atom stereocenters. The highest BCUT2D eigenvalue weighted by Crippen LogP contribution is 2.42. The number of hydrogen-bond acceptors (Lipinski definition) is 6. The monoisotopic (exact) mass is 328 g/mol. The summed E-state index contributed by atoms with van der Waals surface area (Å²) in [5, 5.41) is 27.4. The first-order valence-electron chi connectivity index (χ1n) is 6.85. The number of ether oxygens (including phenoxy) is 1. The van der Waals surface area contributed by atoms with E-state index in [9.17, 15) is 24.3 Å². The third-order valence-electron chi connectivity index (χ3n) is 3.83. The summed E-state index contributed by atoms with van der Waals surface area (Å²) >= 11 is 0. The topological polar surface area (TPSA) is 159 Å². The zero-order valence-corrected chi connectivity index (χ0v) is 11.9. The lowest BCUT2D eigenvalue weighted by molar-refractivity contribution is -0.142. The van der Waals surface area contributed by atoms with Crippen molar-refractivity contribution in [2.45, 2.75) is 25.2 Å². The van der Waals surface area contributed by atoms with Gasteiger partial charge in [0.05, 0.1) is 25.6 Å². The Bertz CT molecular complexity index is 708. The van der Waals surface area contributed by atoms with Crippen LogP contribution in [0.15, 0.2) is 21.9 Å². The zero-order valence-electron chi connectivity index (χ0n) is 11.9. The standard InChI is InChI=1S/C13H16N2O8/c16-5-8-6(3-10(18)19)7(4-11(20)21)12(23-8)15-2-1-9(17)14-13(15)22/h1-2,6-8,12,16H,3-5H2,(H,18,19)(H,20,21)(H,14,17,22). The summed E-state index contributed by atoms with van der Waals surface area (Å²) in [6, 6.07) is 1.07. The van der Waals surface area contributed by atoms with Gasteiger partial charge in [-0.3, -0.25) is 23.9 Å². The molecule has 1 aromatic rings. The van der Waals surface area contributed by atoms with Gasteiger partial charge in [-0.05, 0) is 0 Å². The van der Waals surface area contributed by atoms with Crippen LogP contribution in [0.5, 0.6) is 0 Å². The van der Waals surface area contributed by atoms with E-state index >= 15 is 0 Å². The van der Waals surface area contributed by atoms with Gasteiger partial charge in [0.2, 0.25) is 0 Å². The van der Waals surface area contributed by atoms with E-state index in [4.69, 9.17) is 14.9 Å². The number of aromatic amines is 1. The number of carboxylic acid groups (broad SMARTS) is 2. The Kier molecular flexibility index (Phi) is 4.96. The minimum absolute atomic E-state index is 0.405. The van der Waals surface area contributed by atoms with Gasteiger partial charge < -0.3 is 20.1 Å². The fourth-order valence-electron chi connectivity index (χ4n) is 2.88. The van der Waals surface area contributed by atoms with Crippen LogP contribution in [0.1, 0.15) is 19.1 Å². The quantitative estimate of drug-likeness (QED) is 0.496. The summed E-state index contributed by atoms with van der Waals surface area (Å²) in [5.74, 6) is -3.97. The average Bonchev–Trinajstić information content (AvgIpc) is 2.76. The fourth-order valence-corrected chi connectivity index (χ4v) is 2.88. The third-order valence-corrected chi connectivity index (χ3v) is 3.83. The third kappa shape index (κ3) is 3.66. The molecule has 4 N–H and O–H groups in total. The summed E-state index contributed by atoms with van der Waals surface area (Å²) in [4.78, 5) is 47.1. The number of aliphatic hydroxyl groups is 1. The number of aliphatic hydroxyl groups excluding tert-OH is 1. The number of rotatable bonds is 6. The van der Waals surface area contributed by atoms with Gasteiger partial charge in [-0.2, -0.15) is 0 Å². The van der Waals surface area contributed by atoms with Crippen LogP contribution in [0.25, 0.3) is 0 Å². The number of hydrogen-bond donors (Lipinski definition) is 4. The molecule has 0 spiro atoms. The highest BCUT2D eigenvalue weighted by Gasteiger charge is 2.47. The smallest absolute Gasteiger partial charge is 0.330 e. The van der Waals surface area contributed by atoms with E-state index in [0.717, 1.165) is 16.8 Å². The maximum absolute atomic E-state index is 11.9. The normalized spacial score (nSPS) is 27.0. The SMILES string of the molecule is O=C(O)CC1C(CO)OC(n2ccc(=O)[nH]c2=O)C1CC(=O)O.